The zero-order valence-corrected chi connectivity index (χ0v) is 15.6. The summed E-state index contributed by atoms with van der Waals surface area (Å²) < 4.78 is 5.45. The molecule has 0 aromatic heterocycles. The van der Waals surface area contributed by atoms with Gasteiger partial charge < -0.3 is 15.0 Å². The fourth-order valence-electron chi connectivity index (χ4n) is 3.67. The molecule has 3 rings (SSSR count). The molecule has 2 atom stereocenters. The fraction of sp³-hybridized carbons (Fsp3) is 0.611. The molecule has 2 fully saturated rings. The number of hydrogen-bond donors (Lipinski definition) is 1. The third kappa shape index (κ3) is 3.71. The Bertz CT molecular complexity index is 590. The molecule has 0 spiro atoms. The van der Waals surface area contributed by atoms with E-state index in [1.807, 2.05) is 17.0 Å². The third-order valence-corrected chi connectivity index (χ3v) is 6.00. The Morgan fingerprint density at radius 2 is 2.04 bits per heavy atom. The summed E-state index contributed by atoms with van der Waals surface area (Å²) in [5, 5.41) is 3.10. The number of carbonyl (C=O) groups excluding carboxylic acids is 1. The number of benzene rings is 1. The van der Waals surface area contributed by atoms with Crippen LogP contribution in [0.5, 0.6) is 0 Å². The summed E-state index contributed by atoms with van der Waals surface area (Å²) in [4.78, 5) is 18.3. The molecule has 132 valence electrons. The molecule has 0 unspecified atom stereocenters. The summed E-state index contributed by atoms with van der Waals surface area (Å²) >= 11 is 1.71. The smallest absolute Gasteiger partial charge is 0.321 e. The molecule has 2 amide bonds. The minimum atomic E-state index is 0.0129. The van der Waals surface area contributed by atoms with Crippen molar-refractivity contribution < 1.29 is 9.53 Å². The normalized spacial score (nSPS) is 25.0. The van der Waals surface area contributed by atoms with Crippen LogP contribution in [0.15, 0.2) is 23.1 Å². The number of rotatable bonds is 3. The molecular weight excluding hydrogens is 322 g/mol. The minimum absolute atomic E-state index is 0.0129. The van der Waals surface area contributed by atoms with Gasteiger partial charge in [0.15, 0.2) is 0 Å². The zero-order chi connectivity index (χ0) is 17.1. The monoisotopic (exact) mass is 349 g/mol. The van der Waals surface area contributed by atoms with Gasteiger partial charge in [0.25, 0.3) is 0 Å². The SMILES string of the molecule is CSc1cccc(NC(=O)N2C[C@@H](C)[C@@H](N3CCOCC3)C2)c1C. The quantitative estimate of drug-likeness (QED) is 0.852. The van der Waals surface area contributed by atoms with Gasteiger partial charge in [-0.3, -0.25) is 4.90 Å². The standard InChI is InChI=1S/C18H27N3O2S/c1-13-11-21(12-16(13)20-7-9-23-10-8-20)18(22)19-15-5-4-6-17(24-3)14(15)2/h4-6,13,16H,7-12H2,1-3H3,(H,19,22)/t13-,16+/m1/s1. The van der Waals surface area contributed by atoms with E-state index in [1.165, 1.54) is 4.90 Å². The highest BCUT2D eigenvalue weighted by Gasteiger charge is 2.36. The van der Waals surface area contributed by atoms with Crippen LogP contribution < -0.4 is 5.32 Å². The van der Waals surface area contributed by atoms with Gasteiger partial charge in [-0.15, -0.1) is 11.8 Å². The number of nitrogens with zero attached hydrogens (tertiary/aromatic N) is 2. The van der Waals surface area contributed by atoms with Crippen molar-refractivity contribution in [3.63, 3.8) is 0 Å². The highest BCUT2D eigenvalue weighted by atomic mass is 32.2. The molecule has 2 aliphatic heterocycles. The molecule has 24 heavy (non-hydrogen) atoms. The molecule has 6 heteroatoms. The van der Waals surface area contributed by atoms with Gasteiger partial charge in [-0.2, -0.15) is 0 Å². The number of hydrogen-bond acceptors (Lipinski definition) is 4. The van der Waals surface area contributed by atoms with Crippen molar-refractivity contribution in [3.05, 3.63) is 23.8 Å². The summed E-state index contributed by atoms with van der Waals surface area (Å²) in [5.41, 5.74) is 2.05. The van der Waals surface area contributed by atoms with Crippen LogP contribution in [0.2, 0.25) is 0 Å². The number of amides is 2. The van der Waals surface area contributed by atoms with Crippen molar-refractivity contribution >= 4 is 23.5 Å². The maximum atomic E-state index is 12.7. The Morgan fingerprint density at radius 3 is 2.75 bits per heavy atom. The van der Waals surface area contributed by atoms with Gasteiger partial charge in [-0.05, 0) is 36.8 Å². The third-order valence-electron chi connectivity index (χ3n) is 5.12. The van der Waals surface area contributed by atoms with Crippen molar-refractivity contribution in [1.29, 1.82) is 0 Å². The Kier molecular flexibility index (Phi) is 5.69. The zero-order valence-electron chi connectivity index (χ0n) is 14.7. The van der Waals surface area contributed by atoms with Gasteiger partial charge in [0.05, 0.1) is 13.2 Å². The molecule has 0 aliphatic carbocycles. The average molecular weight is 350 g/mol. The lowest BCUT2D eigenvalue weighted by Crippen LogP contribution is -2.47. The van der Waals surface area contributed by atoms with Crippen LogP contribution in [0.4, 0.5) is 10.5 Å². The van der Waals surface area contributed by atoms with Crippen molar-refractivity contribution in [2.45, 2.75) is 24.8 Å². The molecule has 2 saturated heterocycles. The van der Waals surface area contributed by atoms with E-state index < -0.39 is 0 Å². The number of morpholine rings is 1. The lowest BCUT2D eigenvalue weighted by atomic mass is 10.0. The summed E-state index contributed by atoms with van der Waals surface area (Å²) in [7, 11) is 0. The number of urea groups is 1. The molecule has 5 nitrogen and oxygen atoms in total. The molecule has 1 aromatic rings. The van der Waals surface area contributed by atoms with E-state index in [4.69, 9.17) is 4.74 Å². The van der Waals surface area contributed by atoms with Crippen molar-refractivity contribution in [1.82, 2.24) is 9.80 Å². The molecule has 2 aliphatic rings. The second-order valence-corrected chi connectivity index (χ2v) is 7.51. The second kappa shape index (κ2) is 7.76. The van der Waals surface area contributed by atoms with Gasteiger partial charge in [-0.25, -0.2) is 4.79 Å². The number of nitrogens with one attached hydrogen (secondary N) is 1. The Balaban J connectivity index is 1.64. The van der Waals surface area contributed by atoms with Crippen LogP contribution in [-0.4, -0.2) is 67.5 Å². The minimum Gasteiger partial charge on any atom is -0.379 e. The number of carbonyl (C=O) groups is 1. The van der Waals surface area contributed by atoms with Crippen molar-refractivity contribution in [2.75, 3.05) is 51.0 Å². The van der Waals surface area contributed by atoms with Crippen LogP contribution in [0.1, 0.15) is 12.5 Å². The molecule has 2 heterocycles. The van der Waals surface area contributed by atoms with Crippen molar-refractivity contribution in [2.24, 2.45) is 5.92 Å². The Morgan fingerprint density at radius 1 is 1.29 bits per heavy atom. The highest BCUT2D eigenvalue weighted by molar-refractivity contribution is 7.98. The van der Waals surface area contributed by atoms with Gasteiger partial charge in [0, 0.05) is 42.8 Å². The Hall–Kier alpha value is -1.24. The molecular formula is C18H27N3O2S. The van der Waals surface area contributed by atoms with Crippen molar-refractivity contribution in [3.8, 4) is 0 Å². The van der Waals surface area contributed by atoms with Gasteiger partial charge in [-0.1, -0.05) is 13.0 Å². The summed E-state index contributed by atoms with van der Waals surface area (Å²) in [6.07, 6.45) is 2.06. The van der Waals surface area contributed by atoms with E-state index in [2.05, 4.69) is 36.4 Å². The number of likely N-dealkylation sites (tertiary alicyclic amines) is 1. The molecule has 1 aromatic carbocycles. The number of ether oxygens (including phenoxy) is 1. The topological polar surface area (TPSA) is 44.8 Å². The number of anilines is 1. The molecule has 1 N–H and O–H groups in total. The van der Waals surface area contributed by atoms with E-state index in [-0.39, 0.29) is 6.03 Å². The van der Waals surface area contributed by atoms with Crippen LogP contribution in [-0.2, 0) is 4.74 Å². The van der Waals surface area contributed by atoms with Crippen LogP contribution >= 0.6 is 11.8 Å². The summed E-state index contributed by atoms with van der Waals surface area (Å²) in [5.74, 6) is 0.493. The van der Waals surface area contributed by atoms with E-state index in [0.29, 0.717) is 12.0 Å². The predicted molar refractivity (Wildman–Crippen MR) is 98.9 cm³/mol. The van der Waals surface area contributed by atoms with Crippen LogP contribution in [0.3, 0.4) is 0 Å². The Labute approximate surface area is 148 Å². The maximum absolute atomic E-state index is 12.7. The molecule has 0 radical (unpaired) electrons. The number of thioether (sulfide) groups is 1. The first-order chi connectivity index (χ1) is 11.6. The maximum Gasteiger partial charge on any atom is 0.321 e. The van der Waals surface area contributed by atoms with E-state index >= 15 is 0 Å². The van der Waals surface area contributed by atoms with E-state index in [9.17, 15) is 4.79 Å². The summed E-state index contributed by atoms with van der Waals surface area (Å²) in [6, 6.07) is 6.52. The van der Waals surface area contributed by atoms with E-state index in [1.54, 1.807) is 11.8 Å². The molecule has 0 bridgehead atoms. The molecule has 0 saturated carbocycles. The van der Waals surface area contributed by atoms with Gasteiger partial charge >= 0.3 is 6.03 Å². The largest absolute Gasteiger partial charge is 0.379 e. The summed E-state index contributed by atoms with van der Waals surface area (Å²) in [6.45, 7) is 9.46. The van der Waals surface area contributed by atoms with E-state index in [0.717, 1.165) is 50.6 Å². The first kappa shape index (κ1) is 17.6. The van der Waals surface area contributed by atoms with Gasteiger partial charge in [0.1, 0.15) is 0 Å². The first-order valence-corrected chi connectivity index (χ1v) is 9.84. The fourth-order valence-corrected chi connectivity index (χ4v) is 4.30. The predicted octanol–water partition coefficient (Wildman–Crippen LogP) is 2.90. The highest BCUT2D eigenvalue weighted by Crippen LogP contribution is 2.27. The second-order valence-electron chi connectivity index (χ2n) is 6.66. The average Bonchev–Trinajstić information content (AvgIpc) is 2.99. The lowest BCUT2D eigenvalue weighted by molar-refractivity contribution is 0.0123. The van der Waals surface area contributed by atoms with Gasteiger partial charge in [0.2, 0.25) is 0 Å². The van der Waals surface area contributed by atoms with Crippen LogP contribution in [0.25, 0.3) is 0 Å². The van der Waals surface area contributed by atoms with Crippen LogP contribution in [0, 0.1) is 12.8 Å². The lowest BCUT2D eigenvalue weighted by Gasteiger charge is -2.33. The first-order valence-electron chi connectivity index (χ1n) is 8.61.